The van der Waals surface area contributed by atoms with Gasteiger partial charge in [0.15, 0.2) is 0 Å². The lowest BCUT2D eigenvalue weighted by atomic mass is 10.1. The van der Waals surface area contributed by atoms with Gasteiger partial charge in [0, 0.05) is 22.9 Å². The molecule has 32 heavy (non-hydrogen) atoms. The van der Waals surface area contributed by atoms with E-state index in [1.807, 2.05) is 6.92 Å². The zero-order valence-electron chi connectivity index (χ0n) is 17.5. The summed E-state index contributed by atoms with van der Waals surface area (Å²) in [5, 5.41) is 2.60. The molecule has 0 aliphatic rings. The van der Waals surface area contributed by atoms with Crippen molar-refractivity contribution in [2.24, 2.45) is 0 Å². The summed E-state index contributed by atoms with van der Waals surface area (Å²) in [6, 6.07) is 16.2. The first-order valence-electron chi connectivity index (χ1n) is 9.81. The van der Waals surface area contributed by atoms with Crippen LogP contribution in [0.1, 0.15) is 28.4 Å². The van der Waals surface area contributed by atoms with Gasteiger partial charge in [-0.15, -0.1) is 0 Å². The number of halogens is 3. The minimum absolute atomic E-state index is 0.143. The molecule has 0 atom stereocenters. The van der Waals surface area contributed by atoms with E-state index in [-0.39, 0.29) is 12.3 Å². The van der Waals surface area contributed by atoms with E-state index in [1.165, 1.54) is 12.1 Å². The highest BCUT2D eigenvalue weighted by molar-refractivity contribution is 6.04. The number of carbonyl (C=O) groups is 1. The molecule has 0 heterocycles. The number of nitrogens with one attached hydrogen (secondary N) is 1. The van der Waals surface area contributed by atoms with Gasteiger partial charge < -0.3 is 19.5 Å². The van der Waals surface area contributed by atoms with Gasteiger partial charge in [0.25, 0.3) is 5.91 Å². The molecule has 0 spiro atoms. The van der Waals surface area contributed by atoms with Crippen LogP contribution in [0.5, 0.6) is 17.2 Å². The number of alkyl halides is 3. The lowest BCUT2D eigenvalue weighted by Crippen LogP contribution is -2.13. The summed E-state index contributed by atoms with van der Waals surface area (Å²) in [7, 11) is 1.56. The fourth-order valence-corrected chi connectivity index (χ4v) is 2.93. The van der Waals surface area contributed by atoms with E-state index in [0.717, 1.165) is 12.1 Å². The first-order valence-corrected chi connectivity index (χ1v) is 9.81. The second-order valence-electron chi connectivity index (χ2n) is 6.75. The summed E-state index contributed by atoms with van der Waals surface area (Å²) in [6.07, 6.45) is -4.44. The van der Waals surface area contributed by atoms with Crippen molar-refractivity contribution < 1.29 is 32.2 Å². The maximum atomic E-state index is 12.7. The largest absolute Gasteiger partial charge is 0.497 e. The van der Waals surface area contributed by atoms with Gasteiger partial charge in [0.2, 0.25) is 0 Å². The number of carbonyl (C=O) groups excluding carboxylic acids is 1. The van der Waals surface area contributed by atoms with E-state index in [9.17, 15) is 18.0 Å². The Morgan fingerprint density at radius 1 is 0.938 bits per heavy atom. The fraction of sp³-hybridized carbons (Fsp3) is 0.208. The van der Waals surface area contributed by atoms with Crippen molar-refractivity contribution in [1.82, 2.24) is 0 Å². The molecule has 168 valence electrons. The molecule has 0 radical (unpaired) electrons. The van der Waals surface area contributed by atoms with Gasteiger partial charge in [0.05, 0.1) is 19.3 Å². The summed E-state index contributed by atoms with van der Waals surface area (Å²) in [6.45, 7) is 2.42. The molecular formula is C24H22F3NO4. The van der Waals surface area contributed by atoms with E-state index in [4.69, 9.17) is 14.2 Å². The third kappa shape index (κ3) is 5.94. The van der Waals surface area contributed by atoms with Crippen LogP contribution in [0, 0.1) is 0 Å². The highest BCUT2D eigenvalue weighted by atomic mass is 19.4. The lowest BCUT2D eigenvalue weighted by Gasteiger charge is -2.14. The van der Waals surface area contributed by atoms with Crippen LogP contribution >= 0.6 is 0 Å². The molecular weight excluding hydrogens is 423 g/mol. The number of rotatable bonds is 8. The SMILES string of the molecule is CCOc1ccc(C(=O)Nc2ccc(C(F)(F)F)cc2)cc1COc1cccc(OC)c1. The maximum Gasteiger partial charge on any atom is 0.416 e. The third-order valence-electron chi connectivity index (χ3n) is 4.53. The van der Waals surface area contributed by atoms with Crippen molar-refractivity contribution in [2.75, 3.05) is 19.0 Å². The van der Waals surface area contributed by atoms with Crippen LogP contribution in [-0.2, 0) is 12.8 Å². The molecule has 0 aromatic heterocycles. The van der Waals surface area contributed by atoms with Gasteiger partial charge >= 0.3 is 6.18 Å². The minimum atomic E-state index is -4.44. The van der Waals surface area contributed by atoms with Crippen molar-refractivity contribution in [3.63, 3.8) is 0 Å². The summed E-state index contributed by atoms with van der Waals surface area (Å²) >= 11 is 0. The Balaban J connectivity index is 1.75. The van der Waals surface area contributed by atoms with Crippen molar-refractivity contribution in [1.29, 1.82) is 0 Å². The quantitative estimate of drug-likeness (QED) is 0.466. The topological polar surface area (TPSA) is 56.8 Å². The monoisotopic (exact) mass is 445 g/mol. The summed E-state index contributed by atoms with van der Waals surface area (Å²) in [4.78, 5) is 12.6. The van der Waals surface area contributed by atoms with E-state index < -0.39 is 17.6 Å². The van der Waals surface area contributed by atoms with E-state index in [2.05, 4.69) is 5.32 Å². The molecule has 0 aliphatic carbocycles. The van der Waals surface area contributed by atoms with Crippen molar-refractivity contribution in [2.45, 2.75) is 19.7 Å². The van der Waals surface area contributed by atoms with Crippen LogP contribution in [0.2, 0.25) is 0 Å². The Morgan fingerprint density at radius 3 is 2.31 bits per heavy atom. The van der Waals surface area contributed by atoms with Crippen molar-refractivity contribution >= 4 is 11.6 Å². The Bertz CT molecular complexity index is 1070. The third-order valence-corrected chi connectivity index (χ3v) is 4.53. The molecule has 8 heteroatoms. The normalized spacial score (nSPS) is 11.0. The van der Waals surface area contributed by atoms with Gasteiger partial charge in [-0.25, -0.2) is 0 Å². The average molecular weight is 445 g/mol. The van der Waals surface area contributed by atoms with E-state index >= 15 is 0 Å². The Kier molecular flexibility index (Phi) is 7.25. The second kappa shape index (κ2) is 10.1. The van der Waals surface area contributed by atoms with Gasteiger partial charge in [-0.2, -0.15) is 13.2 Å². The Morgan fingerprint density at radius 2 is 1.66 bits per heavy atom. The summed E-state index contributed by atoms with van der Waals surface area (Å²) < 4.78 is 54.8. The standard InChI is InChI=1S/C24H22F3NO4/c1-3-31-22-12-7-16(13-17(22)15-32-21-6-4-5-20(14-21)30-2)23(29)28-19-10-8-18(9-11-19)24(25,26)27/h4-14H,3,15H2,1-2H3,(H,28,29). The number of amides is 1. The molecule has 1 N–H and O–H groups in total. The predicted octanol–water partition coefficient (Wildman–Crippen LogP) is 5.94. The maximum absolute atomic E-state index is 12.7. The van der Waals surface area contributed by atoms with E-state index in [1.54, 1.807) is 49.6 Å². The van der Waals surface area contributed by atoms with Crippen LogP contribution in [0.25, 0.3) is 0 Å². The smallest absolute Gasteiger partial charge is 0.416 e. The number of hydrogen-bond acceptors (Lipinski definition) is 4. The van der Waals surface area contributed by atoms with Crippen LogP contribution in [0.15, 0.2) is 66.7 Å². The molecule has 3 aromatic rings. The first kappa shape index (κ1) is 23.0. The average Bonchev–Trinajstić information content (AvgIpc) is 2.78. The predicted molar refractivity (Wildman–Crippen MR) is 114 cm³/mol. The number of anilines is 1. The molecule has 3 aromatic carbocycles. The lowest BCUT2D eigenvalue weighted by molar-refractivity contribution is -0.137. The zero-order valence-corrected chi connectivity index (χ0v) is 17.5. The molecule has 1 amide bonds. The molecule has 0 aliphatic heterocycles. The molecule has 0 bridgehead atoms. The fourth-order valence-electron chi connectivity index (χ4n) is 2.93. The highest BCUT2D eigenvalue weighted by Crippen LogP contribution is 2.30. The zero-order chi connectivity index (χ0) is 23.1. The van der Waals surface area contributed by atoms with Crippen LogP contribution in [0.3, 0.4) is 0 Å². The Labute approximate surface area is 183 Å². The summed E-state index contributed by atoms with van der Waals surface area (Å²) in [5.41, 5.74) is 0.437. The van der Waals surface area contributed by atoms with E-state index in [0.29, 0.717) is 35.0 Å². The number of benzene rings is 3. The molecule has 3 rings (SSSR count). The van der Waals surface area contributed by atoms with Crippen molar-refractivity contribution in [3.05, 3.63) is 83.4 Å². The molecule has 0 saturated heterocycles. The highest BCUT2D eigenvalue weighted by Gasteiger charge is 2.30. The van der Waals surface area contributed by atoms with Gasteiger partial charge in [0.1, 0.15) is 23.9 Å². The molecule has 0 unspecified atom stereocenters. The molecule has 0 fully saturated rings. The number of ether oxygens (including phenoxy) is 3. The van der Waals surface area contributed by atoms with Gasteiger partial charge in [-0.1, -0.05) is 6.07 Å². The minimum Gasteiger partial charge on any atom is -0.497 e. The number of hydrogen-bond donors (Lipinski definition) is 1. The van der Waals surface area contributed by atoms with Gasteiger partial charge in [-0.05, 0) is 61.5 Å². The van der Waals surface area contributed by atoms with Crippen molar-refractivity contribution in [3.8, 4) is 17.2 Å². The Hall–Kier alpha value is -3.68. The van der Waals surface area contributed by atoms with Gasteiger partial charge in [-0.3, -0.25) is 4.79 Å². The molecule has 5 nitrogen and oxygen atoms in total. The molecule has 0 saturated carbocycles. The second-order valence-corrected chi connectivity index (χ2v) is 6.75. The van der Waals surface area contributed by atoms with Crippen LogP contribution in [0.4, 0.5) is 18.9 Å². The van der Waals surface area contributed by atoms with Crippen LogP contribution < -0.4 is 19.5 Å². The first-order chi connectivity index (χ1) is 15.3. The number of methoxy groups -OCH3 is 1. The van der Waals surface area contributed by atoms with Crippen LogP contribution in [-0.4, -0.2) is 19.6 Å². The summed E-state index contributed by atoms with van der Waals surface area (Å²) in [5.74, 6) is 1.35.